The highest BCUT2D eigenvalue weighted by Crippen LogP contribution is 2.19. The topological polar surface area (TPSA) is 0 Å². The molecule has 0 saturated carbocycles. The van der Waals surface area contributed by atoms with E-state index in [1.807, 2.05) is 0 Å². The van der Waals surface area contributed by atoms with Gasteiger partial charge in [-0.15, -0.1) is 0 Å². The Balaban J connectivity index is 0. The Morgan fingerprint density at radius 2 is 1.29 bits per heavy atom. The predicted molar refractivity (Wildman–Crippen MR) is 39.2 cm³/mol. The van der Waals surface area contributed by atoms with Crippen LogP contribution in [0.2, 0.25) is 0 Å². The maximum Gasteiger partial charge on any atom is 0.141 e. The molecule has 7 heavy (non-hydrogen) atoms. The molecule has 0 amide bonds. The fraction of sp³-hybridized carbons (Fsp3) is 1.00. The smallest absolute Gasteiger partial charge is 0.0704 e. The van der Waals surface area contributed by atoms with E-state index in [4.69, 9.17) is 22.5 Å². The van der Waals surface area contributed by atoms with Gasteiger partial charge in [0.1, 0.15) is 7.29 Å². The van der Waals surface area contributed by atoms with Crippen LogP contribution in [0.15, 0.2) is 0 Å². The third-order valence-corrected chi connectivity index (χ3v) is 0.500. The van der Waals surface area contributed by atoms with Crippen molar-refractivity contribution in [3.8, 4) is 0 Å². The molecule has 0 aliphatic heterocycles. The Labute approximate surface area is 56.9 Å². The van der Waals surface area contributed by atoms with Crippen molar-refractivity contribution in [1.29, 1.82) is 0 Å². The molecule has 0 aliphatic rings. The molecule has 0 aromatic rings. The highest BCUT2D eigenvalue weighted by molar-refractivity contribution is 7.90. The van der Waals surface area contributed by atoms with Gasteiger partial charge in [-0.3, -0.25) is 0 Å². The van der Waals surface area contributed by atoms with Gasteiger partial charge in [0.25, 0.3) is 0 Å². The van der Waals surface area contributed by atoms with Crippen LogP contribution >= 0.6 is 29.8 Å². The van der Waals surface area contributed by atoms with Gasteiger partial charge in [0.2, 0.25) is 0 Å². The molecule has 0 rings (SSSR count). The lowest BCUT2D eigenvalue weighted by molar-refractivity contribution is 0.886. The highest BCUT2D eigenvalue weighted by Gasteiger charge is 1.56. The van der Waals surface area contributed by atoms with E-state index in [0.29, 0.717) is 7.29 Å². The van der Waals surface area contributed by atoms with Gasteiger partial charge in [0.15, 0.2) is 0 Å². The first-order valence-corrected chi connectivity index (χ1v) is 4.96. The Hall–Kier alpha value is 1.01. The standard InChI is InChI=1S/C4H10.Cl2P/c1-3-4-2;1-3-2/h3-4H2,1-2H3;. The van der Waals surface area contributed by atoms with Gasteiger partial charge in [-0.1, -0.05) is 49.2 Å². The van der Waals surface area contributed by atoms with E-state index in [9.17, 15) is 0 Å². The number of rotatable bonds is 1. The van der Waals surface area contributed by atoms with Crippen LogP contribution in [0.4, 0.5) is 0 Å². The fourth-order valence-electron chi connectivity index (χ4n) is 0. The lowest BCUT2D eigenvalue weighted by Crippen LogP contribution is -1.47. The van der Waals surface area contributed by atoms with E-state index in [0.717, 1.165) is 0 Å². The Morgan fingerprint density at radius 1 is 1.14 bits per heavy atom. The summed E-state index contributed by atoms with van der Waals surface area (Å²) in [6, 6.07) is 0. The van der Waals surface area contributed by atoms with Gasteiger partial charge in [-0.05, 0) is 0 Å². The molecule has 0 heterocycles. The van der Waals surface area contributed by atoms with Crippen LogP contribution in [0.1, 0.15) is 26.7 Å². The largest absolute Gasteiger partial charge is 0.141 e. The minimum Gasteiger partial charge on any atom is -0.0704 e. The molecule has 1 radical (unpaired) electrons. The van der Waals surface area contributed by atoms with Gasteiger partial charge in [0.05, 0.1) is 0 Å². The Bertz CT molecular complexity index is 17.2. The van der Waals surface area contributed by atoms with Crippen molar-refractivity contribution in [2.24, 2.45) is 0 Å². The summed E-state index contributed by atoms with van der Waals surface area (Å²) >= 11 is 9.47. The first kappa shape index (κ1) is 10.9. The van der Waals surface area contributed by atoms with Crippen LogP contribution < -0.4 is 0 Å². The van der Waals surface area contributed by atoms with E-state index in [-0.39, 0.29) is 0 Å². The summed E-state index contributed by atoms with van der Waals surface area (Å²) < 4.78 is 0. The van der Waals surface area contributed by atoms with Crippen molar-refractivity contribution >= 4 is 29.8 Å². The first-order chi connectivity index (χ1) is 3.33. The summed E-state index contributed by atoms with van der Waals surface area (Å²) in [5, 5.41) is 0. The van der Waals surface area contributed by atoms with Crippen LogP contribution in [0.3, 0.4) is 0 Å². The summed E-state index contributed by atoms with van der Waals surface area (Å²) in [5.74, 6) is 0. The van der Waals surface area contributed by atoms with E-state index < -0.39 is 0 Å². The van der Waals surface area contributed by atoms with Crippen molar-refractivity contribution in [2.75, 3.05) is 0 Å². The molecule has 3 heteroatoms. The van der Waals surface area contributed by atoms with Crippen molar-refractivity contribution in [3.05, 3.63) is 0 Å². The monoisotopic (exact) mass is 159 g/mol. The van der Waals surface area contributed by atoms with Gasteiger partial charge in [-0.25, -0.2) is 0 Å². The number of hydrogen-bond donors (Lipinski definition) is 0. The molecular weight excluding hydrogens is 150 g/mol. The molecule has 45 valence electrons. The summed E-state index contributed by atoms with van der Waals surface area (Å²) in [7, 11) is 0.361. The lowest BCUT2D eigenvalue weighted by atomic mass is 10.4. The third-order valence-electron chi connectivity index (χ3n) is 0.500. The molecule has 0 fully saturated rings. The summed E-state index contributed by atoms with van der Waals surface area (Å²) in [6.07, 6.45) is 2.64. The minimum atomic E-state index is 0.361. The average molecular weight is 160 g/mol. The zero-order valence-electron chi connectivity index (χ0n) is 4.62. The summed E-state index contributed by atoms with van der Waals surface area (Å²) in [5.41, 5.74) is 0. The maximum atomic E-state index is 4.74. The first-order valence-electron chi connectivity index (χ1n) is 2.25. The zero-order valence-corrected chi connectivity index (χ0v) is 7.02. The van der Waals surface area contributed by atoms with Crippen molar-refractivity contribution in [3.63, 3.8) is 0 Å². The molecule has 0 aromatic carbocycles. The van der Waals surface area contributed by atoms with Crippen LogP contribution in [0.25, 0.3) is 0 Å². The van der Waals surface area contributed by atoms with E-state index in [2.05, 4.69) is 13.8 Å². The lowest BCUT2D eigenvalue weighted by Gasteiger charge is -1.68. The van der Waals surface area contributed by atoms with Crippen LogP contribution in [-0.2, 0) is 0 Å². The van der Waals surface area contributed by atoms with Crippen LogP contribution in [-0.4, -0.2) is 0 Å². The van der Waals surface area contributed by atoms with Crippen molar-refractivity contribution in [2.45, 2.75) is 26.7 Å². The van der Waals surface area contributed by atoms with E-state index >= 15 is 0 Å². The molecule has 0 N–H and O–H groups in total. The average Bonchev–Trinajstić information content (AvgIpc) is 1.69. The normalized spacial score (nSPS) is 6.86. The SMILES string of the molecule is CCCC.Cl[P]Cl. The molecule has 0 aliphatic carbocycles. The zero-order chi connectivity index (χ0) is 6.12. The van der Waals surface area contributed by atoms with Gasteiger partial charge < -0.3 is 0 Å². The van der Waals surface area contributed by atoms with E-state index in [1.165, 1.54) is 12.8 Å². The second-order valence-electron chi connectivity index (χ2n) is 1.06. The molecular formula is C4H10Cl2P. The molecule has 0 aromatic heterocycles. The molecule has 0 spiro atoms. The second kappa shape index (κ2) is 15.7. The van der Waals surface area contributed by atoms with Gasteiger partial charge >= 0.3 is 0 Å². The van der Waals surface area contributed by atoms with Crippen molar-refractivity contribution < 1.29 is 0 Å². The third kappa shape index (κ3) is 43.6. The number of halogens is 2. The summed E-state index contributed by atoms with van der Waals surface area (Å²) in [6.45, 7) is 4.36. The maximum absolute atomic E-state index is 4.74. The Kier molecular flexibility index (Phi) is 24.5. The van der Waals surface area contributed by atoms with E-state index in [1.54, 1.807) is 0 Å². The number of unbranched alkanes of at least 4 members (excludes halogenated alkanes) is 1. The molecule has 0 nitrogen and oxygen atoms in total. The predicted octanol–water partition coefficient (Wildman–Crippen LogP) is 4.05. The molecule has 0 saturated heterocycles. The van der Waals surface area contributed by atoms with Crippen LogP contribution in [0, 0.1) is 0 Å². The Morgan fingerprint density at radius 3 is 1.29 bits per heavy atom. The summed E-state index contributed by atoms with van der Waals surface area (Å²) in [4.78, 5) is 0. The molecule has 0 atom stereocenters. The quantitative estimate of drug-likeness (QED) is 0.507. The van der Waals surface area contributed by atoms with Gasteiger partial charge in [-0.2, -0.15) is 0 Å². The fourth-order valence-corrected chi connectivity index (χ4v) is 0. The minimum absolute atomic E-state index is 0.361. The highest BCUT2D eigenvalue weighted by atomic mass is 35.9. The van der Waals surface area contributed by atoms with Gasteiger partial charge in [0, 0.05) is 0 Å². The molecule has 0 bridgehead atoms. The second-order valence-corrected chi connectivity index (χ2v) is 2.72. The van der Waals surface area contributed by atoms with Crippen LogP contribution in [0.5, 0.6) is 0 Å². The van der Waals surface area contributed by atoms with Crippen molar-refractivity contribution in [1.82, 2.24) is 0 Å². The molecule has 0 unspecified atom stereocenters. The number of hydrogen-bond acceptors (Lipinski definition) is 0.